The van der Waals surface area contributed by atoms with Crippen LogP contribution in [0.25, 0.3) is 0 Å². The van der Waals surface area contributed by atoms with Gasteiger partial charge >= 0.3 is 0 Å². The van der Waals surface area contributed by atoms with Crippen LogP contribution in [0.5, 0.6) is 0 Å². The fraction of sp³-hybridized carbons (Fsp3) is 0.735. The lowest BCUT2D eigenvalue weighted by Crippen LogP contribution is -2.60. The zero-order valence-corrected chi connectivity index (χ0v) is 26.1. The second-order valence-electron chi connectivity index (χ2n) is 14.7. The number of amides is 3. The maximum absolute atomic E-state index is 14.1. The first-order chi connectivity index (χ1) is 19.9. The molecular weight excluding hydrogens is 531 g/mol. The third-order valence-corrected chi connectivity index (χ3v) is 10.6. The third kappa shape index (κ3) is 6.84. The van der Waals surface area contributed by atoms with Crippen molar-refractivity contribution < 1.29 is 18.8 Å². The number of rotatable bonds is 7. The van der Waals surface area contributed by atoms with E-state index >= 15 is 0 Å². The molecule has 5 fully saturated rings. The molecule has 2 bridgehead atoms. The first kappa shape index (κ1) is 31.0. The average molecular weight is 583 g/mol. The van der Waals surface area contributed by atoms with E-state index in [0.29, 0.717) is 44.2 Å². The van der Waals surface area contributed by atoms with Crippen LogP contribution in [0.3, 0.4) is 0 Å². The van der Waals surface area contributed by atoms with E-state index in [2.05, 4.69) is 22.6 Å². The van der Waals surface area contributed by atoms with E-state index in [0.717, 1.165) is 57.1 Å². The molecule has 0 aromatic heterocycles. The summed E-state index contributed by atoms with van der Waals surface area (Å²) in [5.41, 5.74) is 0.0325. The highest BCUT2D eigenvalue weighted by atomic mass is 19.1. The first-order valence-electron chi connectivity index (χ1n) is 16.3. The van der Waals surface area contributed by atoms with Gasteiger partial charge in [-0.15, -0.1) is 0 Å². The van der Waals surface area contributed by atoms with Crippen molar-refractivity contribution >= 4 is 17.7 Å². The summed E-state index contributed by atoms with van der Waals surface area (Å²) in [5, 5.41) is 6.44. The van der Waals surface area contributed by atoms with Gasteiger partial charge in [0.15, 0.2) is 0 Å². The number of likely N-dealkylation sites (tertiary alicyclic amines) is 1. The van der Waals surface area contributed by atoms with Crippen molar-refractivity contribution in [2.45, 2.75) is 109 Å². The summed E-state index contributed by atoms with van der Waals surface area (Å²) in [7, 11) is 2.10. The van der Waals surface area contributed by atoms with Crippen LogP contribution in [-0.4, -0.2) is 71.8 Å². The topological polar surface area (TPSA) is 81.8 Å². The van der Waals surface area contributed by atoms with Crippen molar-refractivity contribution in [1.82, 2.24) is 20.4 Å². The third-order valence-electron chi connectivity index (χ3n) is 10.6. The number of piperidine rings is 3. The number of fused-ring (bicyclic) bond motifs is 3. The number of nitrogens with one attached hydrogen (secondary N) is 2. The molecule has 2 aliphatic carbocycles. The normalized spacial score (nSPS) is 27.4. The number of hydrogen-bond donors (Lipinski definition) is 2. The molecule has 8 heteroatoms. The molecule has 3 amide bonds. The van der Waals surface area contributed by atoms with E-state index in [1.54, 1.807) is 12.1 Å². The van der Waals surface area contributed by atoms with Gasteiger partial charge < -0.3 is 20.4 Å². The Morgan fingerprint density at radius 1 is 1.00 bits per heavy atom. The predicted molar refractivity (Wildman–Crippen MR) is 162 cm³/mol. The maximum Gasteiger partial charge on any atom is 0.245 e. The van der Waals surface area contributed by atoms with Gasteiger partial charge in [0.1, 0.15) is 11.9 Å². The van der Waals surface area contributed by atoms with Crippen molar-refractivity contribution in [2.24, 2.45) is 23.2 Å². The fourth-order valence-electron chi connectivity index (χ4n) is 8.38. The van der Waals surface area contributed by atoms with Crippen LogP contribution >= 0.6 is 0 Å². The first-order valence-corrected chi connectivity index (χ1v) is 16.3. The zero-order chi connectivity index (χ0) is 30.1. The summed E-state index contributed by atoms with van der Waals surface area (Å²) in [4.78, 5) is 45.8. The molecule has 2 N–H and O–H groups in total. The van der Waals surface area contributed by atoms with Crippen LogP contribution in [0.1, 0.15) is 90.5 Å². The molecule has 1 aromatic carbocycles. The summed E-state index contributed by atoms with van der Waals surface area (Å²) in [5.74, 6) is 0.394. The Bertz CT molecular complexity index is 1120. The molecule has 1 unspecified atom stereocenters. The number of benzene rings is 1. The van der Waals surface area contributed by atoms with Gasteiger partial charge in [-0.25, -0.2) is 4.39 Å². The second-order valence-corrected chi connectivity index (χ2v) is 14.7. The number of carbonyl (C=O) groups excluding carboxylic acids is 3. The molecule has 3 aliphatic heterocycles. The summed E-state index contributed by atoms with van der Waals surface area (Å²) in [6.45, 7) is 8.11. The molecule has 232 valence electrons. The van der Waals surface area contributed by atoms with E-state index in [9.17, 15) is 18.8 Å². The van der Waals surface area contributed by atoms with Crippen LogP contribution in [0.4, 0.5) is 4.39 Å². The Kier molecular flexibility index (Phi) is 9.31. The van der Waals surface area contributed by atoms with Gasteiger partial charge in [0.2, 0.25) is 17.7 Å². The van der Waals surface area contributed by atoms with Crippen molar-refractivity contribution in [3.8, 4) is 0 Å². The highest BCUT2D eigenvalue weighted by molar-refractivity contribution is 5.90. The van der Waals surface area contributed by atoms with Gasteiger partial charge in [0.25, 0.3) is 0 Å². The molecule has 6 rings (SSSR count). The largest absolute Gasteiger partial charge is 0.351 e. The Morgan fingerprint density at radius 2 is 1.67 bits per heavy atom. The maximum atomic E-state index is 14.1. The minimum atomic E-state index is -0.723. The van der Waals surface area contributed by atoms with Crippen LogP contribution in [0.2, 0.25) is 0 Å². The van der Waals surface area contributed by atoms with Crippen LogP contribution in [0.15, 0.2) is 24.3 Å². The van der Waals surface area contributed by atoms with Crippen molar-refractivity contribution in [3.05, 3.63) is 35.6 Å². The number of nitrogens with zero attached hydrogens (tertiary/aromatic N) is 2. The number of hydrogen-bond acceptors (Lipinski definition) is 4. The Morgan fingerprint density at radius 3 is 2.26 bits per heavy atom. The fourth-order valence-corrected chi connectivity index (χ4v) is 8.38. The molecule has 3 heterocycles. The Balaban J connectivity index is 1.32. The van der Waals surface area contributed by atoms with Gasteiger partial charge in [0, 0.05) is 37.6 Å². The van der Waals surface area contributed by atoms with Gasteiger partial charge in [-0.3, -0.25) is 14.4 Å². The molecule has 3 saturated heterocycles. The summed E-state index contributed by atoms with van der Waals surface area (Å²) in [6, 6.07) is 5.68. The smallest absolute Gasteiger partial charge is 0.245 e. The van der Waals surface area contributed by atoms with Crippen molar-refractivity contribution in [2.75, 3.05) is 26.7 Å². The van der Waals surface area contributed by atoms with Gasteiger partial charge in [-0.2, -0.15) is 0 Å². The second kappa shape index (κ2) is 12.6. The van der Waals surface area contributed by atoms with E-state index in [1.807, 2.05) is 25.7 Å². The summed E-state index contributed by atoms with van der Waals surface area (Å²) in [6.07, 6.45) is 10.3. The standard InChI is InChI=1S/C34H51FN4O3/c1-33(2,3)37-32(42)34(25-8-6-5-7-9-25)16-18-39(19-17-34)31(41)28(21-23-10-13-26(35)14-11-23)36-30(40)27-20-24-12-15-29(27)38(4)22-24/h10-11,13-14,24-25,27-29H,5-9,12,15-22H2,1-4H3,(H,36,40)(H,37,42)/t24-,27?,28-,29+/m1/s1. The molecule has 0 spiro atoms. The minimum Gasteiger partial charge on any atom is -0.351 e. The minimum absolute atomic E-state index is 0.0465. The van der Waals surface area contributed by atoms with E-state index in [-0.39, 0.29) is 41.0 Å². The van der Waals surface area contributed by atoms with Crippen LogP contribution in [0, 0.1) is 29.0 Å². The molecular formula is C34H51FN4O3. The Hall–Kier alpha value is -2.48. The zero-order valence-electron chi connectivity index (χ0n) is 26.1. The molecule has 5 aliphatic rings. The van der Waals surface area contributed by atoms with Gasteiger partial charge in [0.05, 0.1) is 11.3 Å². The van der Waals surface area contributed by atoms with Gasteiger partial charge in [-0.1, -0.05) is 31.4 Å². The molecule has 2 saturated carbocycles. The molecule has 7 nitrogen and oxygen atoms in total. The van der Waals surface area contributed by atoms with Crippen LogP contribution < -0.4 is 10.6 Å². The highest BCUT2D eigenvalue weighted by Crippen LogP contribution is 2.46. The van der Waals surface area contributed by atoms with E-state index in [1.165, 1.54) is 18.6 Å². The van der Waals surface area contributed by atoms with E-state index in [4.69, 9.17) is 0 Å². The monoisotopic (exact) mass is 582 g/mol. The Labute approximate surface area is 251 Å². The van der Waals surface area contributed by atoms with Crippen LogP contribution in [-0.2, 0) is 20.8 Å². The quantitative estimate of drug-likeness (QED) is 0.489. The number of halogens is 1. The lowest BCUT2D eigenvalue weighted by atomic mass is 9.63. The summed E-state index contributed by atoms with van der Waals surface area (Å²) >= 11 is 0. The number of carbonyl (C=O) groups is 3. The average Bonchev–Trinajstić information content (AvgIpc) is 2.97. The molecule has 1 aromatic rings. The van der Waals surface area contributed by atoms with Crippen molar-refractivity contribution in [1.29, 1.82) is 0 Å². The summed E-state index contributed by atoms with van der Waals surface area (Å²) < 4.78 is 13.7. The lowest BCUT2D eigenvalue weighted by Gasteiger charge is -2.48. The SMILES string of the molecule is CN1C[C@@H]2CC[C@H]1C(C(=O)N[C@H](Cc1ccc(F)cc1)C(=O)N1CCC(C(=O)NC(C)(C)C)(C3CCCCC3)CC1)C2. The molecule has 42 heavy (non-hydrogen) atoms. The highest BCUT2D eigenvalue weighted by Gasteiger charge is 2.49. The van der Waals surface area contributed by atoms with Crippen molar-refractivity contribution in [3.63, 3.8) is 0 Å². The molecule has 0 radical (unpaired) electrons. The predicted octanol–water partition coefficient (Wildman–Crippen LogP) is 4.69. The van der Waals surface area contributed by atoms with Gasteiger partial charge in [-0.05, 0) is 102 Å². The molecule has 4 atom stereocenters. The van der Waals surface area contributed by atoms with E-state index < -0.39 is 11.5 Å². The lowest BCUT2D eigenvalue weighted by molar-refractivity contribution is -0.148.